The number of carbonyl (C=O) groups excluding carboxylic acids is 1. The minimum atomic E-state index is -4.00. The van der Waals surface area contributed by atoms with Gasteiger partial charge >= 0.3 is 0 Å². The zero-order valence-electron chi connectivity index (χ0n) is 20.9. The average molecular weight is 529 g/mol. The number of amides is 1. The number of rotatable bonds is 12. The molecule has 0 atom stereocenters. The van der Waals surface area contributed by atoms with Gasteiger partial charge in [-0.2, -0.15) is 8.42 Å². The number of hydrogen-bond acceptors (Lipinski definition) is 6. The number of thioether (sulfide) groups is 1. The SMILES string of the molecule is C=CCN1C(=O)/C(=C/c2ccc(OC)c(OCCCCC)c2)SC1=NS(=O)(=O)c1ccc(CC)cc1. The Morgan fingerprint density at radius 3 is 2.47 bits per heavy atom. The van der Waals surface area contributed by atoms with Gasteiger partial charge in [0.05, 0.1) is 23.5 Å². The lowest BCUT2D eigenvalue weighted by atomic mass is 10.2. The zero-order chi connectivity index (χ0) is 26.1. The van der Waals surface area contributed by atoms with Crippen LogP contribution in [0.15, 0.2) is 69.3 Å². The third kappa shape index (κ3) is 6.79. The second-order valence-electron chi connectivity index (χ2n) is 8.13. The summed E-state index contributed by atoms with van der Waals surface area (Å²) in [5.41, 5.74) is 1.76. The van der Waals surface area contributed by atoms with Gasteiger partial charge in [0, 0.05) is 6.54 Å². The molecule has 3 rings (SSSR count). The van der Waals surface area contributed by atoms with Crippen molar-refractivity contribution in [1.29, 1.82) is 0 Å². The van der Waals surface area contributed by atoms with Crippen molar-refractivity contribution in [1.82, 2.24) is 4.90 Å². The summed E-state index contributed by atoms with van der Waals surface area (Å²) in [5.74, 6) is 0.861. The van der Waals surface area contributed by atoms with E-state index in [1.165, 1.54) is 23.1 Å². The van der Waals surface area contributed by atoms with E-state index < -0.39 is 10.0 Å². The molecule has 2 aromatic carbocycles. The smallest absolute Gasteiger partial charge is 0.284 e. The molecule has 1 saturated heterocycles. The van der Waals surface area contributed by atoms with Gasteiger partial charge in [0.1, 0.15) is 0 Å². The van der Waals surface area contributed by atoms with E-state index in [2.05, 4.69) is 17.9 Å². The van der Waals surface area contributed by atoms with E-state index in [4.69, 9.17) is 9.47 Å². The summed E-state index contributed by atoms with van der Waals surface area (Å²) in [6.07, 6.45) is 7.14. The Hall–Kier alpha value is -3.04. The average Bonchev–Trinajstić information content (AvgIpc) is 3.15. The summed E-state index contributed by atoms with van der Waals surface area (Å²) in [7, 11) is -2.42. The Balaban J connectivity index is 1.90. The van der Waals surface area contributed by atoms with Gasteiger partial charge in [0.2, 0.25) is 0 Å². The molecule has 0 N–H and O–H groups in total. The van der Waals surface area contributed by atoms with Gasteiger partial charge in [-0.25, -0.2) is 0 Å². The lowest BCUT2D eigenvalue weighted by molar-refractivity contribution is -0.121. The van der Waals surface area contributed by atoms with Crippen molar-refractivity contribution in [3.05, 3.63) is 71.2 Å². The molecule has 1 fully saturated rings. The molecule has 1 amide bonds. The number of amidine groups is 1. The predicted octanol–water partition coefficient (Wildman–Crippen LogP) is 5.67. The molecular formula is C27H32N2O5S2. The maximum absolute atomic E-state index is 13.1. The first-order valence-electron chi connectivity index (χ1n) is 11.9. The van der Waals surface area contributed by atoms with Crippen LogP contribution in [-0.4, -0.2) is 44.7 Å². The number of hydrogen-bond donors (Lipinski definition) is 0. The van der Waals surface area contributed by atoms with Crippen molar-refractivity contribution in [2.75, 3.05) is 20.3 Å². The van der Waals surface area contributed by atoms with Crippen LogP contribution in [0.1, 0.15) is 44.2 Å². The van der Waals surface area contributed by atoms with Gasteiger partial charge < -0.3 is 9.47 Å². The highest BCUT2D eigenvalue weighted by Crippen LogP contribution is 2.35. The summed E-state index contributed by atoms with van der Waals surface area (Å²) in [6.45, 7) is 8.52. The normalized spacial score (nSPS) is 16.1. The van der Waals surface area contributed by atoms with E-state index in [0.717, 1.165) is 48.6 Å². The standard InChI is InChI=1S/C27H32N2O5S2/c1-5-8-9-17-34-24-18-21(12-15-23(24)33-4)19-25-26(30)29(16-6-2)27(35-25)28-36(31,32)22-13-10-20(7-3)11-14-22/h6,10-15,18-19H,2,5,7-9,16-17H2,1,3-4H3/b25-19-,28-27?. The van der Waals surface area contributed by atoms with Crippen molar-refractivity contribution < 1.29 is 22.7 Å². The van der Waals surface area contributed by atoms with Crippen LogP contribution in [0.3, 0.4) is 0 Å². The third-order valence-corrected chi connectivity index (χ3v) is 7.92. The van der Waals surface area contributed by atoms with E-state index >= 15 is 0 Å². The molecule has 1 heterocycles. The number of nitrogens with zero attached hydrogens (tertiary/aromatic N) is 2. The van der Waals surface area contributed by atoms with Crippen molar-refractivity contribution in [3.63, 3.8) is 0 Å². The first-order chi connectivity index (χ1) is 17.3. The number of methoxy groups -OCH3 is 1. The Morgan fingerprint density at radius 1 is 1.08 bits per heavy atom. The summed E-state index contributed by atoms with van der Waals surface area (Å²) in [4.78, 5) is 14.9. The summed E-state index contributed by atoms with van der Waals surface area (Å²) in [5, 5.41) is 0.0928. The summed E-state index contributed by atoms with van der Waals surface area (Å²) < 4.78 is 41.2. The van der Waals surface area contributed by atoms with E-state index in [1.807, 2.05) is 19.1 Å². The van der Waals surface area contributed by atoms with Gasteiger partial charge in [-0.15, -0.1) is 11.0 Å². The van der Waals surface area contributed by atoms with Crippen molar-refractivity contribution in [2.24, 2.45) is 4.40 Å². The number of aryl methyl sites for hydroxylation is 1. The van der Waals surface area contributed by atoms with Crippen LogP contribution in [0, 0.1) is 0 Å². The van der Waals surface area contributed by atoms with Gasteiger partial charge in [-0.3, -0.25) is 9.69 Å². The largest absolute Gasteiger partial charge is 0.493 e. The maximum atomic E-state index is 13.1. The second kappa shape index (κ2) is 12.8. The van der Waals surface area contributed by atoms with E-state index in [-0.39, 0.29) is 22.5 Å². The minimum Gasteiger partial charge on any atom is -0.493 e. The van der Waals surface area contributed by atoms with Gasteiger partial charge in [-0.1, -0.05) is 51.0 Å². The van der Waals surface area contributed by atoms with Crippen LogP contribution >= 0.6 is 11.8 Å². The zero-order valence-corrected chi connectivity index (χ0v) is 22.5. The fourth-order valence-electron chi connectivity index (χ4n) is 3.50. The van der Waals surface area contributed by atoms with Crippen LogP contribution in [0.5, 0.6) is 11.5 Å². The molecule has 192 valence electrons. The molecule has 0 bridgehead atoms. The monoisotopic (exact) mass is 528 g/mol. The first-order valence-corrected chi connectivity index (χ1v) is 14.2. The van der Waals surface area contributed by atoms with Gasteiger partial charge in [0.15, 0.2) is 16.7 Å². The van der Waals surface area contributed by atoms with Crippen molar-refractivity contribution >= 4 is 38.9 Å². The molecular weight excluding hydrogens is 496 g/mol. The molecule has 9 heteroatoms. The predicted molar refractivity (Wildman–Crippen MR) is 146 cm³/mol. The molecule has 2 aromatic rings. The molecule has 1 aliphatic heterocycles. The Labute approximate surface area is 218 Å². The highest BCUT2D eigenvalue weighted by atomic mass is 32.2. The van der Waals surface area contributed by atoms with E-state index in [1.54, 1.807) is 31.4 Å². The Morgan fingerprint density at radius 2 is 1.83 bits per heavy atom. The van der Waals surface area contributed by atoms with Crippen LogP contribution in [-0.2, 0) is 21.2 Å². The van der Waals surface area contributed by atoms with Gasteiger partial charge in [-0.05, 0) is 66.1 Å². The van der Waals surface area contributed by atoms with E-state index in [9.17, 15) is 13.2 Å². The highest BCUT2D eigenvalue weighted by molar-refractivity contribution is 8.19. The molecule has 0 unspecified atom stereocenters. The molecule has 0 saturated carbocycles. The number of benzene rings is 2. The van der Waals surface area contributed by atoms with Crippen molar-refractivity contribution in [2.45, 2.75) is 44.4 Å². The number of ether oxygens (including phenoxy) is 2. The number of unbranched alkanes of at least 4 members (excludes halogenated alkanes) is 2. The van der Waals surface area contributed by atoms with Gasteiger partial charge in [0.25, 0.3) is 15.9 Å². The first kappa shape index (κ1) is 27.5. The molecule has 0 radical (unpaired) electrons. The summed E-state index contributed by atoms with van der Waals surface area (Å²) >= 11 is 1.02. The van der Waals surface area contributed by atoms with Crippen LogP contribution in [0.2, 0.25) is 0 Å². The molecule has 0 spiro atoms. The summed E-state index contributed by atoms with van der Waals surface area (Å²) in [6, 6.07) is 12.0. The maximum Gasteiger partial charge on any atom is 0.284 e. The third-order valence-electron chi connectivity index (χ3n) is 5.52. The number of carbonyl (C=O) groups is 1. The lowest BCUT2D eigenvalue weighted by Gasteiger charge is -2.12. The highest BCUT2D eigenvalue weighted by Gasteiger charge is 2.34. The van der Waals surface area contributed by atoms with Crippen LogP contribution in [0.25, 0.3) is 6.08 Å². The second-order valence-corrected chi connectivity index (χ2v) is 10.7. The molecule has 1 aliphatic rings. The lowest BCUT2D eigenvalue weighted by Crippen LogP contribution is -2.29. The fourth-order valence-corrected chi connectivity index (χ4v) is 5.69. The molecule has 0 aromatic heterocycles. The Kier molecular flexibility index (Phi) is 9.78. The minimum absolute atomic E-state index is 0.0799. The molecule has 36 heavy (non-hydrogen) atoms. The molecule has 7 nitrogen and oxygen atoms in total. The fraction of sp³-hybridized carbons (Fsp3) is 0.333. The topological polar surface area (TPSA) is 85.3 Å². The van der Waals surface area contributed by atoms with E-state index in [0.29, 0.717) is 23.0 Å². The van der Waals surface area contributed by atoms with Crippen molar-refractivity contribution in [3.8, 4) is 11.5 Å². The van der Waals surface area contributed by atoms with Crippen LogP contribution < -0.4 is 9.47 Å². The van der Waals surface area contributed by atoms with Crippen LogP contribution in [0.4, 0.5) is 0 Å². The Bertz CT molecular complexity index is 1250. The number of sulfonamides is 1. The molecule has 0 aliphatic carbocycles. The quantitative estimate of drug-likeness (QED) is 0.200.